The van der Waals surface area contributed by atoms with Crippen LogP contribution >= 0.6 is 22.9 Å². The Morgan fingerprint density at radius 1 is 1.33 bits per heavy atom. The van der Waals surface area contributed by atoms with Crippen molar-refractivity contribution in [3.63, 3.8) is 0 Å². The van der Waals surface area contributed by atoms with E-state index in [1.807, 2.05) is 35.2 Å². The normalized spacial score (nSPS) is 10.1. The topological polar surface area (TPSA) is 12.9 Å². The van der Waals surface area contributed by atoms with Crippen molar-refractivity contribution < 1.29 is 0 Å². The van der Waals surface area contributed by atoms with Gasteiger partial charge in [-0.15, -0.1) is 11.3 Å². The lowest BCUT2D eigenvalue weighted by molar-refractivity contribution is 1.41. The summed E-state index contributed by atoms with van der Waals surface area (Å²) >= 11 is 7.42. The molecule has 2 rings (SSSR count). The van der Waals surface area contributed by atoms with Gasteiger partial charge in [-0.1, -0.05) is 23.7 Å². The summed E-state index contributed by atoms with van der Waals surface area (Å²) in [5.74, 6) is 0. The van der Waals surface area contributed by atoms with Crippen LogP contribution in [0.4, 0.5) is 0 Å². The minimum Gasteiger partial charge on any atom is -0.245 e. The summed E-state index contributed by atoms with van der Waals surface area (Å²) < 4.78 is 0. The molecule has 0 radical (unpaired) electrons. The lowest BCUT2D eigenvalue weighted by Gasteiger charge is -1.95. The monoisotopic (exact) mass is 195 g/mol. The third-order valence-corrected chi connectivity index (χ3v) is 2.37. The maximum atomic E-state index is 5.84. The van der Waals surface area contributed by atoms with Crippen LogP contribution in [0.25, 0.3) is 11.3 Å². The van der Waals surface area contributed by atoms with Gasteiger partial charge in [-0.3, -0.25) is 0 Å². The van der Waals surface area contributed by atoms with Gasteiger partial charge in [0.25, 0.3) is 0 Å². The number of hydrogen-bond donors (Lipinski definition) is 0. The first-order valence-electron chi connectivity index (χ1n) is 3.50. The molecule has 0 saturated carbocycles. The number of aromatic nitrogens is 1. The van der Waals surface area contributed by atoms with Gasteiger partial charge in [-0.25, -0.2) is 4.98 Å². The zero-order chi connectivity index (χ0) is 8.39. The number of halogens is 1. The van der Waals surface area contributed by atoms with Crippen molar-refractivity contribution in [1.29, 1.82) is 0 Å². The molecule has 1 heterocycles. The molecule has 60 valence electrons. The van der Waals surface area contributed by atoms with E-state index in [-0.39, 0.29) is 0 Å². The second-order valence-corrected chi connectivity index (χ2v) is 3.54. The van der Waals surface area contributed by atoms with E-state index in [0.29, 0.717) is 0 Å². The minimum atomic E-state index is 0.750. The molecule has 1 nitrogen and oxygen atoms in total. The second-order valence-electron chi connectivity index (χ2n) is 2.38. The number of nitrogens with zero attached hydrogens (tertiary/aromatic N) is 1. The highest BCUT2D eigenvalue weighted by atomic mass is 35.5. The van der Waals surface area contributed by atoms with E-state index in [1.165, 1.54) is 0 Å². The van der Waals surface area contributed by atoms with Crippen LogP contribution in [0, 0.1) is 0 Å². The standard InChI is InChI=1S/C9H6ClNS/c10-8-3-1-2-7(4-8)9-5-12-6-11-9/h1-6H. The average Bonchev–Trinajstić information content (AvgIpc) is 2.56. The summed E-state index contributed by atoms with van der Waals surface area (Å²) in [5.41, 5.74) is 3.88. The van der Waals surface area contributed by atoms with Crippen LogP contribution in [0.5, 0.6) is 0 Å². The van der Waals surface area contributed by atoms with Crippen molar-refractivity contribution in [2.75, 3.05) is 0 Å². The molecular weight excluding hydrogens is 190 g/mol. The van der Waals surface area contributed by atoms with Crippen molar-refractivity contribution in [3.8, 4) is 11.3 Å². The Morgan fingerprint density at radius 3 is 2.92 bits per heavy atom. The summed E-state index contributed by atoms with van der Waals surface area (Å²) in [6, 6.07) is 7.70. The van der Waals surface area contributed by atoms with E-state index in [4.69, 9.17) is 11.6 Å². The average molecular weight is 196 g/mol. The highest BCUT2D eigenvalue weighted by Gasteiger charge is 1.98. The first kappa shape index (κ1) is 7.77. The third-order valence-electron chi connectivity index (χ3n) is 1.55. The smallest absolute Gasteiger partial charge is 0.0811 e. The molecule has 0 saturated heterocycles. The Morgan fingerprint density at radius 2 is 2.25 bits per heavy atom. The second kappa shape index (κ2) is 3.25. The maximum absolute atomic E-state index is 5.84. The van der Waals surface area contributed by atoms with Gasteiger partial charge in [0.2, 0.25) is 0 Å². The van der Waals surface area contributed by atoms with Crippen LogP contribution in [-0.2, 0) is 0 Å². The van der Waals surface area contributed by atoms with Gasteiger partial charge >= 0.3 is 0 Å². The first-order valence-corrected chi connectivity index (χ1v) is 4.82. The number of benzene rings is 1. The quantitative estimate of drug-likeness (QED) is 0.679. The van der Waals surface area contributed by atoms with Gasteiger partial charge in [0, 0.05) is 16.0 Å². The van der Waals surface area contributed by atoms with E-state index in [1.54, 1.807) is 11.3 Å². The van der Waals surface area contributed by atoms with Crippen LogP contribution < -0.4 is 0 Å². The summed E-state index contributed by atoms with van der Waals surface area (Å²) in [5, 5.41) is 2.76. The number of hydrogen-bond acceptors (Lipinski definition) is 2. The lowest BCUT2D eigenvalue weighted by Crippen LogP contribution is -1.75. The molecule has 0 N–H and O–H groups in total. The molecule has 12 heavy (non-hydrogen) atoms. The number of rotatable bonds is 1. The maximum Gasteiger partial charge on any atom is 0.0811 e. The predicted octanol–water partition coefficient (Wildman–Crippen LogP) is 3.46. The fourth-order valence-corrected chi connectivity index (χ4v) is 1.75. The molecule has 0 atom stereocenters. The van der Waals surface area contributed by atoms with E-state index in [2.05, 4.69) is 4.98 Å². The van der Waals surface area contributed by atoms with E-state index in [0.717, 1.165) is 16.3 Å². The Hall–Kier alpha value is -0.860. The molecule has 0 aliphatic carbocycles. The van der Waals surface area contributed by atoms with Crippen molar-refractivity contribution >= 4 is 22.9 Å². The lowest BCUT2D eigenvalue weighted by atomic mass is 10.2. The van der Waals surface area contributed by atoms with Gasteiger partial charge in [0.05, 0.1) is 11.2 Å². The molecule has 1 aromatic heterocycles. The Kier molecular flexibility index (Phi) is 2.11. The van der Waals surface area contributed by atoms with Gasteiger partial charge in [0.15, 0.2) is 0 Å². The van der Waals surface area contributed by atoms with Gasteiger partial charge < -0.3 is 0 Å². The van der Waals surface area contributed by atoms with Crippen LogP contribution in [-0.4, -0.2) is 4.98 Å². The summed E-state index contributed by atoms with van der Waals surface area (Å²) in [4.78, 5) is 4.19. The van der Waals surface area contributed by atoms with Crippen molar-refractivity contribution in [3.05, 3.63) is 40.2 Å². The van der Waals surface area contributed by atoms with Crippen LogP contribution in [0.2, 0.25) is 5.02 Å². The van der Waals surface area contributed by atoms with Crippen LogP contribution in [0.3, 0.4) is 0 Å². The zero-order valence-corrected chi connectivity index (χ0v) is 7.77. The molecule has 0 aliphatic heterocycles. The van der Waals surface area contributed by atoms with E-state index in [9.17, 15) is 0 Å². The van der Waals surface area contributed by atoms with Crippen molar-refractivity contribution in [1.82, 2.24) is 4.98 Å². The molecule has 3 heteroatoms. The summed E-state index contributed by atoms with van der Waals surface area (Å²) in [7, 11) is 0. The Labute approximate surface area is 79.7 Å². The molecule has 0 amide bonds. The zero-order valence-electron chi connectivity index (χ0n) is 6.20. The highest BCUT2D eigenvalue weighted by Crippen LogP contribution is 2.21. The Balaban J connectivity index is 2.48. The molecule has 0 aliphatic rings. The van der Waals surface area contributed by atoms with Crippen molar-refractivity contribution in [2.24, 2.45) is 0 Å². The van der Waals surface area contributed by atoms with E-state index >= 15 is 0 Å². The molecular formula is C9H6ClNS. The SMILES string of the molecule is Clc1cccc(-c2cscn2)c1. The molecule has 0 spiro atoms. The first-order chi connectivity index (χ1) is 5.86. The Bertz CT molecular complexity index is 370. The van der Waals surface area contributed by atoms with Crippen molar-refractivity contribution in [2.45, 2.75) is 0 Å². The fraction of sp³-hybridized carbons (Fsp3) is 0. The highest BCUT2D eigenvalue weighted by molar-refractivity contribution is 7.07. The molecule has 0 bridgehead atoms. The largest absolute Gasteiger partial charge is 0.245 e. The van der Waals surface area contributed by atoms with Crippen LogP contribution in [0.1, 0.15) is 0 Å². The van der Waals surface area contributed by atoms with Gasteiger partial charge in [-0.05, 0) is 12.1 Å². The summed E-state index contributed by atoms with van der Waals surface area (Å²) in [6.45, 7) is 0. The van der Waals surface area contributed by atoms with Gasteiger partial charge in [0.1, 0.15) is 0 Å². The molecule has 1 aromatic carbocycles. The third kappa shape index (κ3) is 1.49. The molecule has 0 fully saturated rings. The summed E-state index contributed by atoms with van der Waals surface area (Å²) in [6.07, 6.45) is 0. The molecule has 0 unspecified atom stereocenters. The minimum absolute atomic E-state index is 0.750. The van der Waals surface area contributed by atoms with Gasteiger partial charge in [-0.2, -0.15) is 0 Å². The molecule has 2 aromatic rings. The van der Waals surface area contributed by atoms with Crippen LogP contribution in [0.15, 0.2) is 35.2 Å². The number of thiazole rings is 1. The predicted molar refractivity (Wildman–Crippen MR) is 52.6 cm³/mol. The van der Waals surface area contributed by atoms with E-state index < -0.39 is 0 Å². The fourth-order valence-electron chi connectivity index (χ4n) is 1.00.